The Morgan fingerprint density at radius 3 is 2.70 bits per heavy atom. The van der Waals surface area contributed by atoms with Gasteiger partial charge in [0, 0.05) is 24.4 Å². The average Bonchev–Trinajstić information content (AvgIpc) is 2.66. The van der Waals surface area contributed by atoms with Crippen molar-refractivity contribution in [1.29, 1.82) is 0 Å². The van der Waals surface area contributed by atoms with Gasteiger partial charge in [0.05, 0.1) is 24.8 Å². The van der Waals surface area contributed by atoms with Gasteiger partial charge in [0.1, 0.15) is 5.75 Å². The van der Waals surface area contributed by atoms with Crippen molar-refractivity contribution in [1.82, 2.24) is 15.5 Å². The Hall–Kier alpha value is -3.07. The van der Waals surface area contributed by atoms with Crippen LogP contribution in [0.25, 0.3) is 0 Å². The summed E-state index contributed by atoms with van der Waals surface area (Å²) in [6.07, 6.45) is 0. The summed E-state index contributed by atoms with van der Waals surface area (Å²) in [5.74, 6) is -1.02. The third-order valence-electron chi connectivity index (χ3n) is 4.38. The van der Waals surface area contributed by atoms with Crippen LogP contribution in [0.5, 0.6) is 5.75 Å². The van der Waals surface area contributed by atoms with E-state index in [0.717, 1.165) is 0 Å². The van der Waals surface area contributed by atoms with Gasteiger partial charge in [0.25, 0.3) is 5.91 Å². The lowest BCUT2D eigenvalue weighted by Crippen LogP contribution is -2.49. The van der Waals surface area contributed by atoms with E-state index in [1.807, 2.05) is 0 Å². The number of aliphatic carboxylic acids is 1. The Kier molecular flexibility index (Phi) is 5.60. The Morgan fingerprint density at radius 2 is 2.00 bits per heavy atom. The molecule has 2 heterocycles. The summed E-state index contributed by atoms with van der Waals surface area (Å²) in [5, 5.41) is 14.3. The first-order valence-electron chi connectivity index (χ1n) is 8.56. The molecule has 2 aliphatic rings. The fraction of sp³-hybridized carbons (Fsp3) is 0.389. The maximum absolute atomic E-state index is 13.1. The number of carboxylic acids is 1. The van der Waals surface area contributed by atoms with Gasteiger partial charge in [-0.2, -0.15) is 0 Å². The molecule has 0 radical (unpaired) electrons. The van der Waals surface area contributed by atoms with Crippen molar-refractivity contribution in [3.63, 3.8) is 0 Å². The van der Waals surface area contributed by atoms with Gasteiger partial charge in [0.15, 0.2) is 6.61 Å². The number of carbonyl (C=O) groups excluding carboxylic acids is 2. The van der Waals surface area contributed by atoms with E-state index in [2.05, 4.69) is 10.6 Å². The zero-order valence-electron chi connectivity index (χ0n) is 14.9. The number of carboxylic acid groups (broad SMARTS) is 1. The number of morpholine rings is 1. The number of para-hydroxylation sites is 1. The normalized spacial score (nSPS) is 20.0. The number of nitrogens with zero attached hydrogens (tertiary/aromatic N) is 1. The van der Waals surface area contributed by atoms with Gasteiger partial charge < -0.3 is 30.1 Å². The fourth-order valence-corrected chi connectivity index (χ4v) is 3.14. The van der Waals surface area contributed by atoms with Crippen molar-refractivity contribution >= 4 is 17.9 Å². The van der Waals surface area contributed by atoms with Crippen LogP contribution >= 0.6 is 0 Å². The summed E-state index contributed by atoms with van der Waals surface area (Å²) in [5.41, 5.74) is 1.36. The molecule has 0 bridgehead atoms. The first kappa shape index (κ1) is 18.7. The number of nitrogens with one attached hydrogen (secondary N) is 2. The topological polar surface area (TPSA) is 117 Å². The predicted molar refractivity (Wildman–Crippen MR) is 94.1 cm³/mol. The molecule has 3 rings (SSSR count). The predicted octanol–water partition coefficient (Wildman–Crippen LogP) is 0.637. The lowest BCUT2D eigenvalue weighted by atomic mass is 9.93. The molecule has 0 saturated carbocycles. The number of benzene rings is 1. The van der Waals surface area contributed by atoms with E-state index >= 15 is 0 Å². The number of amides is 3. The molecular formula is C18H21N3O6. The monoisotopic (exact) mass is 375 g/mol. The van der Waals surface area contributed by atoms with Gasteiger partial charge in [-0.3, -0.25) is 4.79 Å². The number of carbonyl (C=O) groups is 3. The van der Waals surface area contributed by atoms with Crippen LogP contribution in [0.2, 0.25) is 0 Å². The zero-order valence-corrected chi connectivity index (χ0v) is 14.9. The summed E-state index contributed by atoms with van der Waals surface area (Å²) >= 11 is 0. The minimum Gasteiger partial charge on any atom is -0.482 e. The molecule has 9 heteroatoms. The Bertz CT molecular complexity index is 785. The molecule has 3 N–H and O–H groups in total. The van der Waals surface area contributed by atoms with Crippen molar-refractivity contribution in [3.05, 3.63) is 41.1 Å². The molecule has 0 aromatic heterocycles. The second-order valence-corrected chi connectivity index (χ2v) is 6.19. The molecule has 1 aromatic carbocycles. The van der Waals surface area contributed by atoms with E-state index in [4.69, 9.17) is 14.6 Å². The minimum absolute atomic E-state index is 0.207. The summed E-state index contributed by atoms with van der Waals surface area (Å²) < 4.78 is 10.7. The molecule has 1 saturated heterocycles. The first-order valence-corrected chi connectivity index (χ1v) is 8.56. The van der Waals surface area contributed by atoms with Crippen LogP contribution < -0.4 is 15.4 Å². The van der Waals surface area contributed by atoms with Crippen LogP contribution in [0, 0.1) is 0 Å². The molecule has 0 aliphatic carbocycles. The molecule has 9 nitrogen and oxygen atoms in total. The lowest BCUT2D eigenvalue weighted by molar-refractivity contribution is -0.139. The number of allylic oxidation sites excluding steroid dienone is 1. The summed E-state index contributed by atoms with van der Waals surface area (Å²) in [6.45, 7) is 2.99. The third-order valence-corrected chi connectivity index (χ3v) is 4.38. The van der Waals surface area contributed by atoms with Crippen LogP contribution in [-0.2, 0) is 14.3 Å². The van der Waals surface area contributed by atoms with Crippen molar-refractivity contribution in [3.8, 4) is 5.75 Å². The standard InChI is InChI=1S/C18H21N3O6/c1-11-15(17(24)21-6-8-26-9-7-21)16(20-18(25)19-11)12-4-2-3-5-13(12)27-10-14(22)23/h2-5,16H,6-10H2,1H3,(H,22,23)(H2,19,20,25). The SMILES string of the molecule is CC1=C(C(=O)N2CCOCC2)C(c2ccccc2OCC(=O)O)NC(=O)N1. The first-order chi connectivity index (χ1) is 13.0. The van der Waals surface area contributed by atoms with Crippen LogP contribution in [0.15, 0.2) is 35.5 Å². The Morgan fingerprint density at radius 1 is 1.30 bits per heavy atom. The van der Waals surface area contributed by atoms with E-state index in [1.54, 1.807) is 36.1 Å². The maximum atomic E-state index is 13.1. The van der Waals surface area contributed by atoms with E-state index in [-0.39, 0.29) is 5.91 Å². The smallest absolute Gasteiger partial charge is 0.341 e. The van der Waals surface area contributed by atoms with E-state index in [9.17, 15) is 14.4 Å². The van der Waals surface area contributed by atoms with E-state index in [1.165, 1.54) is 0 Å². The quantitative estimate of drug-likeness (QED) is 0.695. The zero-order chi connectivity index (χ0) is 19.4. The van der Waals surface area contributed by atoms with Gasteiger partial charge in [-0.05, 0) is 13.0 Å². The van der Waals surface area contributed by atoms with Crippen LogP contribution in [-0.4, -0.2) is 60.8 Å². The number of rotatable bonds is 5. The minimum atomic E-state index is -1.12. The second-order valence-electron chi connectivity index (χ2n) is 6.19. The highest BCUT2D eigenvalue weighted by Crippen LogP contribution is 2.34. The lowest BCUT2D eigenvalue weighted by Gasteiger charge is -2.34. The maximum Gasteiger partial charge on any atom is 0.341 e. The molecule has 2 aliphatic heterocycles. The third kappa shape index (κ3) is 4.20. The van der Waals surface area contributed by atoms with Crippen LogP contribution in [0.3, 0.4) is 0 Å². The number of hydrogen-bond donors (Lipinski definition) is 3. The highest BCUT2D eigenvalue weighted by molar-refractivity contribution is 5.98. The van der Waals surface area contributed by atoms with Gasteiger partial charge in [-0.1, -0.05) is 18.2 Å². The molecule has 1 fully saturated rings. The molecular weight excluding hydrogens is 354 g/mol. The average molecular weight is 375 g/mol. The van der Waals surface area contributed by atoms with Crippen molar-refractivity contribution < 1.29 is 29.0 Å². The molecule has 3 amide bonds. The summed E-state index contributed by atoms with van der Waals surface area (Å²) in [6, 6.07) is 5.56. The number of urea groups is 1. The number of ether oxygens (including phenoxy) is 2. The molecule has 144 valence electrons. The van der Waals surface area contributed by atoms with Gasteiger partial charge in [-0.25, -0.2) is 9.59 Å². The molecule has 27 heavy (non-hydrogen) atoms. The van der Waals surface area contributed by atoms with Gasteiger partial charge in [-0.15, -0.1) is 0 Å². The van der Waals surface area contributed by atoms with Crippen molar-refractivity contribution in [2.24, 2.45) is 0 Å². The highest BCUT2D eigenvalue weighted by atomic mass is 16.5. The highest BCUT2D eigenvalue weighted by Gasteiger charge is 2.35. The summed E-state index contributed by atoms with van der Waals surface area (Å²) in [4.78, 5) is 37.7. The summed E-state index contributed by atoms with van der Waals surface area (Å²) in [7, 11) is 0. The molecule has 1 atom stereocenters. The van der Waals surface area contributed by atoms with E-state index in [0.29, 0.717) is 48.9 Å². The molecule has 1 unspecified atom stereocenters. The van der Waals surface area contributed by atoms with Crippen molar-refractivity contribution in [2.75, 3.05) is 32.9 Å². The van der Waals surface area contributed by atoms with Gasteiger partial charge >= 0.3 is 12.0 Å². The van der Waals surface area contributed by atoms with Crippen LogP contribution in [0.1, 0.15) is 18.5 Å². The van der Waals surface area contributed by atoms with Crippen molar-refractivity contribution in [2.45, 2.75) is 13.0 Å². The van der Waals surface area contributed by atoms with Crippen LogP contribution in [0.4, 0.5) is 4.79 Å². The molecule has 0 spiro atoms. The second kappa shape index (κ2) is 8.09. The Balaban J connectivity index is 1.96. The largest absolute Gasteiger partial charge is 0.482 e. The fourth-order valence-electron chi connectivity index (χ4n) is 3.14. The Labute approximate surface area is 155 Å². The molecule has 1 aromatic rings. The van der Waals surface area contributed by atoms with Gasteiger partial charge in [0.2, 0.25) is 0 Å². The van der Waals surface area contributed by atoms with E-state index < -0.39 is 24.6 Å². The number of hydrogen-bond acceptors (Lipinski definition) is 5.